The molecule has 0 radical (unpaired) electrons. The summed E-state index contributed by atoms with van der Waals surface area (Å²) in [7, 11) is 0. The topological polar surface area (TPSA) is 67.2 Å². The van der Waals surface area contributed by atoms with E-state index in [1.807, 2.05) is 48.5 Å². The van der Waals surface area contributed by atoms with E-state index in [9.17, 15) is 10.1 Å². The van der Waals surface area contributed by atoms with Gasteiger partial charge in [0.25, 0.3) is 5.69 Å². The summed E-state index contributed by atoms with van der Waals surface area (Å²) in [6, 6.07) is 22.1. The van der Waals surface area contributed by atoms with Crippen LogP contribution < -0.4 is 10.9 Å². The Morgan fingerprint density at radius 2 is 1.73 bits per heavy atom. The summed E-state index contributed by atoms with van der Waals surface area (Å²) in [5.41, 5.74) is 7.96. The van der Waals surface area contributed by atoms with Crippen LogP contribution in [0.3, 0.4) is 0 Å². The molecule has 3 aromatic carbocycles. The number of nitrogens with zero attached hydrogens (tertiary/aromatic N) is 1. The van der Waals surface area contributed by atoms with Gasteiger partial charge in [0.05, 0.1) is 9.82 Å². The Morgan fingerprint density at radius 1 is 1.00 bits per heavy atom. The number of nitro groups is 1. The largest absolute Gasteiger partial charge is 0.321 e. The fourth-order valence-corrected chi connectivity index (χ4v) is 3.33. The highest BCUT2D eigenvalue weighted by molar-refractivity contribution is 7.99. The predicted molar refractivity (Wildman–Crippen MR) is 106 cm³/mol. The molecule has 0 amide bonds. The summed E-state index contributed by atoms with van der Waals surface area (Å²) in [4.78, 5) is 12.6. The van der Waals surface area contributed by atoms with E-state index in [2.05, 4.69) is 10.9 Å². The van der Waals surface area contributed by atoms with Gasteiger partial charge in [0.15, 0.2) is 0 Å². The van der Waals surface area contributed by atoms with Crippen LogP contribution in [0.1, 0.15) is 5.56 Å². The molecule has 3 rings (SSSR count). The van der Waals surface area contributed by atoms with Crippen molar-refractivity contribution in [2.75, 3.05) is 5.43 Å². The molecule has 7 heteroatoms. The summed E-state index contributed by atoms with van der Waals surface area (Å²) in [6.45, 7) is 0.460. The number of nitrogens with one attached hydrogen (secondary N) is 2. The maximum atomic E-state index is 11.4. The van der Waals surface area contributed by atoms with Crippen LogP contribution in [0.2, 0.25) is 5.02 Å². The van der Waals surface area contributed by atoms with Crippen LogP contribution in [-0.4, -0.2) is 4.92 Å². The minimum Gasteiger partial charge on any atom is -0.321 e. The summed E-state index contributed by atoms with van der Waals surface area (Å²) in [5.74, 6) is 0. The van der Waals surface area contributed by atoms with Crippen LogP contribution in [0.4, 0.5) is 11.4 Å². The van der Waals surface area contributed by atoms with Crippen LogP contribution in [-0.2, 0) is 6.54 Å². The van der Waals surface area contributed by atoms with Crippen molar-refractivity contribution >= 4 is 34.7 Å². The van der Waals surface area contributed by atoms with Gasteiger partial charge in [-0.2, -0.15) is 0 Å². The number of hydrazine groups is 1. The van der Waals surface area contributed by atoms with Crippen molar-refractivity contribution in [2.45, 2.75) is 16.3 Å². The molecule has 0 atom stereocenters. The zero-order valence-corrected chi connectivity index (χ0v) is 15.3. The van der Waals surface area contributed by atoms with Crippen molar-refractivity contribution in [3.05, 3.63) is 93.5 Å². The average molecular weight is 386 g/mol. The maximum absolute atomic E-state index is 11.4. The molecule has 0 aliphatic rings. The van der Waals surface area contributed by atoms with Gasteiger partial charge >= 0.3 is 0 Å². The number of nitro benzene ring substituents is 1. The molecule has 0 aliphatic heterocycles. The Bertz CT molecular complexity index is 889. The van der Waals surface area contributed by atoms with Gasteiger partial charge in [0.2, 0.25) is 0 Å². The Hall–Kier alpha value is -2.54. The molecule has 3 aromatic rings. The lowest BCUT2D eigenvalue weighted by molar-refractivity contribution is -0.387. The smallest absolute Gasteiger partial charge is 0.283 e. The van der Waals surface area contributed by atoms with Gasteiger partial charge in [-0.05, 0) is 48.0 Å². The van der Waals surface area contributed by atoms with Crippen molar-refractivity contribution in [1.82, 2.24) is 5.43 Å². The molecule has 0 fully saturated rings. The van der Waals surface area contributed by atoms with Gasteiger partial charge in [-0.15, -0.1) is 0 Å². The lowest BCUT2D eigenvalue weighted by atomic mass is 10.2. The molecule has 0 saturated heterocycles. The second-order valence-electron chi connectivity index (χ2n) is 5.46. The third-order valence-corrected chi connectivity index (χ3v) is 4.89. The molecule has 132 valence electrons. The minimum absolute atomic E-state index is 0.0870. The summed E-state index contributed by atoms with van der Waals surface area (Å²) >= 11 is 7.22. The highest BCUT2D eigenvalue weighted by Crippen LogP contribution is 2.35. The van der Waals surface area contributed by atoms with E-state index >= 15 is 0 Å². The standard InChI is InChI=1S/C19H16ClN3O2S/c20-15-7-9-17(10-8-15)26-19-11-6-14(12-18(19)23(24)25)13-21-22-16-4-2-1-3-5-16/h1-12,21-22H,13H2. The van der Waals surface area contributed by atoms with Crippen molar-refractivity contribution in [3.63, 3.8) is 0 Å². The summed E-state index contributed by atoms with van der Waals surface area (Å²) in [6.07, 6.45) is 0. The quantitative estimate of drug-likeness (QED) is 0.414. The Morgan fingerprint density at radius 3 is 2.42 bits per heavy atom. The molecular weight excluding hydrogens is 370 g/mol. The number of benzene rings is 3. The third-order valence-electron chi connectivity index (χ3n) is 3.56. The molecule has 2 N–H and O–H groups in total. The van der Waals surface area contributed by atoms with E-state index < -0.39 is 0 Å². The number of halogens is 1. The van der Waals surface area contributed by atoms with E-state index in [1.165, 1.54) is 11.8 Å². The number of para-hydroxylation sites is 1. The van der Waals surface area contributed by atoms with E-state index in [1.54, 1.807) is 24.3 Å². The van der Waals surface area contributed by atoms with Gasteiger partial charge < -0.3 is 5.43 Å². The second-order valence-corrected chi connectivity index (χ2v) is 7.01. The summed E-state index contributed by atoms with van der Waals surface area (Å²) < 4.78 is 0. The van der Waals surface area contributed by atoms with Gasteiger partial charge in [-0.25, -0.2) is 5.43 Å². The second kappa shape index (κ2) is 8.71. The highest BCUT2D eigenvalue weighted by atomic mass is 35.5. The molecular formula is C19H16ClN3O2S. The number of hydrogen-bond acceptors (Lipinski definition) is 5. The fourth-order valence-electron chi connectivity index (χ4n) is 2.30. The van der Waals surface area contributed by atoms with Gasteiger partial charge in [-0.1, -0.05) is 47.6 Å². The van der Waals surface area contributed by atoms with E-state index in [4.69, 9.17) is 11.6 Å². The lowest BCUT2D eigenvalue weighted by Crippen LogP contribution is -2.20. The van der Waals surface area contributed by atoms with Crippen LogP contribution in [0, 0.1) is 10.1 Å². The fraction of sp³-hybridized carbons (Fsp3) is 0.0526. The Kier molecular flexibility index (Phi) is 6.12. The van der Waals surface area contributed by atoms with E-state index in [0.717, 1.165) is 16.1 Å². The molecule has 0 aliphatic carbocycles. The summed E-state index contributed by atoms with van der Waals surface area (Å²) in [5, 5.41) is 12.1. The normalized spacial score (nSPS) is 10.5. The van der Waals surface area contributed by atoms with Crippen molar-refractivity contribution in [3.8, 4) is 0 Å². The zero-order chi connectivity index (χ0) is 18.4. The molecule has 5 nitrogen and oxygen atoms in total. The molecule has 0 saturated carbocycles. The van der Waals surface area contributed by atoms with Crippen LogP contribution in [0.25, 0.3) is 0 Å². The van der Waals surface area contributed by atoms with E-state index in [-0.39, 0.29) is 10.6 Å². The Labute approximate surface area is 160 Å². The lowest BCUT2D eigenvalue weighted by Gasteiger charge is -2.09. The Balaban J connectivity index is 1.69. The van der Waals surface area contributed by atoms with Crippen LogP contribution >= 0.6 is 23.4 Å². The highest BCUT2D eigenvalue weighted by Gasteiger charge is 2.15. The maximum Gasteiger partial charge on any atom is 0.283 e. The van der Waals surface area contributed by atoms with Crippen molar-refractivity contribution in [2.24, 2.45) is 0 Å². The van der Waals surface area contributed by atoms with Gasteiger partial charge in [0, 0.05) is 28.2 Å². The van der Waals surface area contributed by atoms with Crippen molar-refractivity contribution in [1.29, 1.82) is 0 Å². The van der Waals surface area contributed by atoms with E-state index in [0.29, 0.717) is 16.5 Å². The number of anilines is 1. The first-order valence-corrected chi connectivity index (χ1v) is 9.06. The minimum atomic E-state index is -0.355. The first-order chi connectivity index (χ1) is 12.6. The van der Waals surface area contributed by atoms with Gasteiger partial charge in [0.1, 0.15) is 0 Å². The molecule has 0 heterocycles. The average Bonchev–Trinajstić information content (AvgIpc) is 2.65. The molecule has 0 unspecified atom stereocenters. The first-order valence-electron chi connectivity index (χ1n) is 7.86. The zero-order valence-electron chi connectivity index (χ0n) is 13.7. The van der Waals surface area contributed by atoms with Crippen LogP contribution in [0.15, 0.2) is 82.6 Å². The third kappa shape index (κ3) is 4.98. The molecule has 0 bridgehead atoms. The van der Waals surface area contributed by atoms with Gasteiger partial charge in [-0.3, -0.25) is 10.1 Å². The number of rotatable bonds is 7. The number of hydrogen-bond donors (Lipinski definition) is 2. The molecule has 26 heavy (non-hydrogen) atoms. The first kappa shape index (κ1) is 18.3. The van der Waals surface area contributed by atoms with Crippen molar-refractivity contribution < 1.29 is 4.92 Å². The predicted octanol–water partition coefficient (Wildman–Crippen LogP) is 5.52. The molecule has 0 spiro atoms. The SMILES string of the molecule is O=[N+]([O-])c1cc(CNNc2ccccc2)ccc1Sc1ccc(Cl)cc1. The monoisotopic (exact) mass is 385 g/mol. The molecule has 0 aromatic heterocycles. The van der Waals surface area contributed by atoms with Crippen LogP contribution in [0.5, 0.6) is 0 Å².